The van der Waals surface area contributed by atoms with Gasteiger partial charge in [0.15, 0.2) is 0 Å². The Morgan fingerprint density at radius 1 is 1.33 bits per heavy atom. The third-order valence-corrected chi connectivity index (χ3v) is 2.57. The molecule has 0 aromatic rings. The van der Waals surface area contributed by atoms with Gasteiger partial charge in [-0.2, -0.15) is 0 Å². The van der Waals surface area contributed by atoms with Gasteiger partial charge in [0.1, 0.15) is 12.2 Å². The maximum absolute atomic E-state index is 5.49. The maximum Gasteiger partial charge on any atom is 0.121 e. The van der Waals surface area contributed by atoms with E-state index in [1.54, 1.807) is 0 Å². The number of piperazine rings is 1. The highest BCUT2D eigenvalue weighted by Crippen LogP contribution is 2.13. The van der Waals surface area contributed by atoms with Crippen LogP contribution in [0.3, 0.4) is 0 Å². The first-order chi connectivity index (χ1) is 5.86. The van der Waals surface area contributed by atoms with Crippen molar-refractivity contribution in [1.29, 1.82) is 0 Å². The summed E-state index contributed by atoms with van der Waals surface area (Å²) in [5.41, 5.74) is 0. The molecule has 5 heteroatoms. The first-order valence-electron chi connectivity index (χ1n) is 3.91. The van der Waals surface area contributed by atoms with Crippen LogP contribution in [0.5, 0.6) is 0 Å². The third kappa shape index (κ3) is 3.28. The monoisotopic (exact) mass is 190 g/mol. The Kier molecular flexibility index (Phi) is 4.94. The van der Waals surface area contributed by atoms with Crippen LogP contribution in [0.2, 0.25) is 0 Å². The minimum absolute atomic E-state index is 0.643. The number of hydrogen-bond acceptors (Lipinski definition) is 5. The Hall–Kier alpha value is 0.190. The molecule has 1 saturated heterocycles. The molecule has 0 atom stereocenters. The van der Waals surface area contributed by atoms with E-state index in [4.69, 9.17) is 11.3 Å². The highest BCUT2D eigenvalue weighted by Gasteiger charge is 2.16. The summed E-state index contributed by atoms with van der Waals surface area (Å²) in [6.07, 6.45) is 0. The molecule has 12 heavy (non-hydrogen) atoms. The fourth-order valence-corrected chi connectivity index (χ4v) is 1.52. The average molecular weight is 190 g/mol. The minimum Gasteiger partial charge on any atom is -0.300 e. The zero-order valence-corrected chi connectivity index (χ0v) is 8.05. The molecular formula is C7H14N2O2S. The molecule has 1 aliphatic rings. The molecule has 0 saturated carbocycles. The molecule has 1 aliphatic heterocycles. The van der Waals surface area contributed by atoms with Gasteiger partial charge in [-0.15, -0.1) is 4.33 Å². The van der Waals surface area contributed by atoms with Gasteiger partial charge in [-0.25, -0.2) is 9.19 Å². The van der Waals surface area contributed by atoms with Gasteiger partial charge in [-0.05, 0) is 6.92 Å². The topological polar surface area (TPSA) is 24.9 Å². The van der Waals surface area contributed by atoms with E-state index < -0.39 is 0 Å². The molecule has 70 valence electrons. The number of nitrogens with zero attached hydrogens (tertiary/aromatic N) is 2. The summed E-state index contributed by atoms with van der Waals surface area (Å²) in [5, 5.41) is 0. The largest absolute Gasteiger partial charge is 0.300 e. The summed E-state index contributed by atoms with van der Waals surface area (Å²) in [4.78, 5) is 6.68. The van der Waals surface area contributed by atoms with Crippen LogP contribution >= 0.6 is 12.2 Å². The van der Waals surface area contributed by atoms with Crippen molar-refractivity contribution in [2.75, 3.05) is 39.8 Å². The molecule has 2 radical (unpaired) electrons. The molecule has 0 aromatic carbocycles. The predicted molar refractivity (Wildman–Crippen MR) is 48.0 cm³/mol. The van der Waals surface area contributed by atoms with E-state index in [0.717, 1.165) is 26.2 Å². The van der Waals surface area contributed by atoms with E-state index in [1.807, 2.05) is 0 Å². The maximum atomic E-state index is 5.49. The molecule has 0 aliphatic carbocycles. The molecule has 0 spiro atoms. The highest BCUT2D eigenvalue weighted by molar-refractivity contribution is 7.92. The summed E-state index contributed by atoms with van der Waals surface area (Å²) >= 11 is 1.25. The summed E-state index contributed by atoms with van der Waals surface area (Å²) < 4.78 is 6.84. The van der Waals surface area contributed by atoms with Crippen LogP contribution in [0.25, 0.3) is 0 Å². The van der Waals surface area contributed by atoms with E-state index in [-0.39, 0.29) is 0 Å². The SMILES string of the molecule is [CH]CN1CCN(SOOC)CC1. The van der Waals surface area contributed by atoms with Crippen LogP contribution in [0.15, 0.2) is 0 Å². The Labute approximate surface area is 78.1 Å². The molecule has 4 nitrogen and oxygen atoms in total. The lowest BCUT2D eigenvalue weighted by Crippen LogP contribution is -2.43. The van der Waals surface area contributed by atoms with Crippen LogP contribution in [0.4, 0.5) is 0 Å². The molecule has 1 heterocycles. The average Bonchev–Trinajstić information content (AvgIpc) is 2.15. The second-order valence-electron chi connectivity index (χ2n) is 2.54. The fourth-order valence-electron chi connectivity index (χ4n) is 1.06. The van der Waals surface area contributed by atoms with E-state index in [9.17, 15) is 0 Å². The second-order valence-corrected chi connectivity index (χ2v) is 3.34. The van der Waals surface area contributed by atoms with Gasteiger partial charge in [-0.3, -0.25) is 0 Å². The number of hydrogen-bond donors (Lipinski definition) is 0. The Morgan fingerprint density at radius 2 is 2.00 bits per heavy atom. The molecule has 0 amide bonds. The van der Waals surface area contributed by atoms with Crippen molar-refractivity contribution in [2.24, 2.45) is 0 Å². The van der Waals surface area contributed by atoms with Crippen molar-refractivity contribution in [3.05, 3.63) is 6.92 Å². The lowest BCUT2D eigenvalue weighted by molar-refractivity contribution is -0.164. The Bertz CT molecular complexity index is 118. The molecular weight excluding hydrogens is 176 g/mol. The predicted octanol–water partition coefficient (Wildman–Crippen LogP) is 0.456. The van der Waals surface area contributed by atoms with Crippen LogP contribution in [0.1, 0.15) is 0 Å². The lowest BCUT2D eigenvalue weighted by atomic mass is 10.4. The van der Waals surface area contributed by atoms with Gasteiger partial charge in [0.05, 0.1) is 7.11 Å². The van der Waals surface area contributed by atoms with Crippen LogP contribution in [-0.4, -0.2) is 49.0 Å². The van der Waals surface area contributed by atoms with Gasteiger partial charge in [0.25, 0.3) is 0 Å². The molecule has 0 unspecified atom stereocenters. The van der Waals surface area contributed by atoms with Gasteiger partial charge in [0, 0.05) is 32.7 Å². The van der Waals surface area contributed by atoms with Crippen LogP contribution in [0, 0.1) is 6.92 Å². The van der Waals surface area contributed by atoms with Crippen molar-refractivity contribution in [1.82, 2.24) is 9.21 Å². The molecule has 1 fully saturated rings. The van der Waals surface area contributed by atoms with Gasteiger partial charge >= 0.3 is 0 Å². The molecule has 0 N–H and O–H groups in total. The summed E-state index contributed by atoms with van der Waals surface area (Å²) in [6.45, 7) is 10.1. The van der Waals surface area contributed by atoms with Crippen molar-refractivity contribution in [2.45, 2.75) is 0 Å². The zero-order chi connectivity index (χ0) is 8.81. The molecule has 1 rings (SSSR count). The van der Waals surface area contributed by atoms with Gasteiger partial charge < -0.3 is 4.90 Å². The van der Waals surface area contributed by atoms with Crippen molar-refractivity contribution < 1.29 is 9.22 Å². The van der Waals surface area contributed by atoms with Crippen molar-refractivity contribution >= 4 is 12.2 Å². The smallest absolute Gasteiger partial charge is 0.121 e. The fraction of sp³-hybridized carbons (Fsp3) is 0.857. The Morgan fingerprint density at radius 3 is 2.50 bits per heavy atom. The third-order valence-electron chi connectivity index (χ3n) is 1.79. The van der Waals surface area contributed by atoms with E-state index >= 15 is 0 Å². The van der Waals surface area contributed by atoms with E-state index in [1.165, 1.54) is 19.3 Å². The second kappa shape index (κ2) is 5.77. The summed E-state index contributed by atoms with van der Waals surface area (Å²) in [7, 11) is 1.50. The standard InChI is InChI=1S/C7H14N2O2S/c1-3-8-4-6-9(7-5-8)12-11-10-2/h1H,3-7H2,2H3. The molecule has 0 bridgehead atoms. The van der Waals surface area contributed by atoms with Gasteiger partial charge in [0.2, 0.25) is 0 Å². The highest BCUT2D eigenvalue weighted by atomic mass is 32.2. The Balaban J connectivity index is 2.09. The normalized spacial score (nSPS) is 21.5. The quantitative estimate of drug-likeness (QED) is 0.277. The first kappa shape index (κ1) is 10.3. The van der Waals surface area contributed by atoms with E-state index in [2.05, 4.69) is 14.1 Å². The van der Waals surface area contributed by atoms with Gasteiger partial charge in [-0.1, -0.05) is 0 Å². The van der Waals surface area contributed by atoms with E-state index in [0.29, 0.717) is 6.54 Å². The molecule has 0 aromatic heterocycles. The lowest BCUT2D eigenvalue weighted by Gasteiger charge is -2.31. The summed E-state index contributed by atoms with van der Waals surface area (Å²) in [6, 6.07) is 0. The van der Waals surface area contributed by atoms with Crippen LogP contribution < -0.4 is 0 Å². The number of rotatable bonds is 4. The summed E-state index contributed by atoms with van der Waals surface area (Å²) in [5.74, 6) is 0. The zero-order valence-electron chi connectivity index (χ0n) is 7.23. The minimum atomic E-state index is 0.643. The van der Waals surface area contributed by atoms with Crippen LogP contribution in [-0.2, 0) is 9.22 Å². The first-order valence-corrected chi connectivity index (χ1v) is 4.61. The van der Waals surface area contributed by atoms with Crippen molar-refractivity contribution in [3.8, 4) is 0 Å². The van der Waals surface area contributed by atoms with Crippen molar-refractivity contribution in [3.63, 3.8) is 0 Å².